The molecule has 2 unspecified atom stereocenters. The smallest absolute Gasteiger partial charge is 0.323 e. The monoisotopic (exact) mass is 243 g/mol. The van der Waals surface area contributed by atoms with Crippen LogP contribution in [-0.2, 0) is 9.53 Å². The van der Waals surface area contributed by atoms with E-state index < -0.39 is 11.5 Å². The highest BCUT2D eigenvalue weighted by Crippen LogP contribution is 2.28. The molecule has 1 aliphatic heterocycles. The molecule has 0 aromatic heterocycles. The first-order chi connectivity index (χ1) is 7.78. The van der Waals surface area contributed by atoms with Crippen LogP contribution in [0.25, 0.3) is 0 Å². The maximum atomic E-state index is 11.4. The third-order valence-corrected chi connectivity index (χ3v) is 3.70. The van der Waals surface area contributed by atoms with Gasteiger partial charge in [-0.25, -0.2) is 0 Å². The van der Waals surface area contributed by atoms with Gasteiger partial charge in [0.25, 0.3) is 0 Å². The molecule has 4 heteroatoms. The topological polar surface area (TPSA) is 49.8 Å². The van der Waals surface area contributed by atoms with E-state index in [1.54, 1.807) is 13.8 Å². The molecule has 1 heterocycles. The molecular weight excluding hydrogens is 218 g/mol. The zero-order valence-corrected chi connectivity index (χ0v) is 11.6. The highest BCUT2D eigenvalue weighted by molar-refractivity contribution is 5.77. The molecule has 1 fully saturated rings. The number of hydrogen-bond donors (Lipinski definition) is 1. The number of rotatable bonds is 4. The number of carboxylic acid groups (broad SMARTS) is 1. The molecule has 4 nitrogen and oxygen atoms in total. The van der Waals surface area contributed by atoms with Gasteiger partial charge < -0.3 is 9.84 Å². The fraction of sp³-hybridized carbons (Fsp3) is 0.923. The molecule has 1 rings (SSSR count). The minimum atomic E-state index is -0.809. The van der Waals surface area contributed by atoms with Crippen LogP contribution in [0.1, 0.15) is 47.5 Å². The molecule has 0 aromatic rings. The van der Waals surface area contributed by atoms with Crippen molar-refractivity contribution in [1.29, 1.82) is 0 Å². The van der Waals surface area contributed by atoms with Gasteiger partial charge in [-0.05, 0) is 47.1 Å². The van der Waals surface area contributed by atoms with Crippen molar-refractivity contribution in [3.63, 3.8) is 0 Å². The lowest BCUT2D eigenvalue weighted by molar-refractivity contribution is -0.154. The summed E-state index contributed by atoms with van der Waals surface area (Å²) in [7, 11) is 0. The van der Waals surface area contributed by atoms with Crippen molar-refractivity contribution in [3.8, 4) is 0 Å². The van der Waals surface area contributed by atoms with Crippen molar-refractivity contribution in [1.82, 2.24) is 4.90 Å². The van der Waals surface area contributed by atoms with Crippen LogP contribution in [0.5, 0.6) is 0 Å². The number of likely N-dealkylation sites (N-methyl/N-ethyl adjacent to an activating group) is 1. The Bertz CT molecular complexity index is 268. The molecule has 1 N–H and O–H groups in total. The van der Waals surface area contributed by atoms with Crippen molar-refractivity contribution in [2.24, 2.45) is 0 Å². The second kappa shape index (κ2) is 5.36. The Kier molecular flexibility index (Phi) is 4.55. The molecule has 0 saturated carbocycles. The normalized spacial score (nSPS) is 30.6. The van der Waals surface area contributed by atoms with Gasteiger partial charge in [0.05, 0.1) is 12.2 Å². The summed E-state index contributed by atoms with van der Waals surface area (Å²) in [5, 5.41) is 9.33. The van der Waals surface area contributed by atoms with E-state index in [4.69, 9.17) is 4.74 Å². The molecule has 1 saturated heterocycles. The standard InChI is InChI=1S/C13H25NO3/c1-6-14(13(4,5)12(15)16)11-7-9(2)17-10(3)8-11/h9-11H,6-8H2,1-5H3,(H,15,16). The second-order valence-corrected chi connectivity index (χ2v) is 5.53. The molecule has 0 aromatic carbocycles. The Morgan fingerprint density at radius 2 is 1.82 bits per heavy atom. The van der Waals surface area contributed by atoms with Crippen LogP contribution in [0.4, 0.5) is 0 Å². The zero-order chi connectivity index (χ0) is 13.2. The first-order valence-corrected chi connectivity index (χ1v) is 6.44. The van der Waals surface area contributed by atoms with E-state index in [0.29, 0.717) is 6.04 Å². The van der Waals surface area contributed by atoms with Crippen LogP contribution in [0.2, 0.25) is 0 Å². The fourth-order valence-corrected chi connectivity index (χ4v) is 2.86. The molecule has 0 radical (unpaired) electrons. The lowest BCUT2D eigenvalue weighted by atomic mass is 9.92. The average molecular weight is 243 g/mol. The maximum absolute atomic E-state index is 11.4. The molecule has 17 heavy (non-hydrogen) atoms. The number of carbonyl (C=O) groups is 1. The van der Waals surface area contributed by atoms with E-state index in [1.807, 2.05) is 6.92 Å². The van der Waals surface area contributed by atoms with Crippen molar-refractivity contribution < 1.29 is 14.6 Å². The first kappa shape index (κ1) is 14.5. The third kappa shape index (κ3) is 3.19. The van der Waals surface area contributed by atoms with Gasteiger partial charge in [-0.1, -0.05) is 6.92 Å². The minimum Gasteiger partial charge on any atom is -0.480 e. The minimum absolute atomic E-state index is 0.211. The first-order valence-electron chi connectivity index (χ1n) is 6.44. The van der Waals surface area contributed by atoms with Crippen molar-refractivity contribution in [2.45, 2.75) is 71.2 Å². The maximum Gasteiger partial charge on any atom is 0.323 e. The van der Waals surface area contributed by atoms with Crippen LogP contribution in [0, 0.1) is 0 Å². The highest BCUT2D eigenvalue weighted by atomic mass is 16.5. The summed E-state index contributed by atoms with van der Waals surface area (Å²) in [4.78, 5) is 13.4. The van der Waals surface area contributed by atoms with E-state index in [2.05, 4.69) is 18.7 Å². The number of hydrogen-bond acceptors (Lipinski definition) is 3. The predicted octanol–water partition coefficient (Wildman–Crippen LogP) is 2.13. The van der Waals surface area contributed by atoms with E-state index >= 15 is 0 Å². The van der Waals surface area contributed by atoms with Crippen LogP contribution in [0.3, 0.4) is 0 Å². The van der Waals surface area contributed by atoms with Crippen LogP contribution < -0.4 is 0 Å². The SMILES string of the molecule is CCN(C1CC(C)OC(C)C1)C(C)(C)C(=O)O. The van der Waals surface area contributed by atoms with Crippen molar-refractivity contribution >= 4 is 5.97 Å². The van der Waals surface area contributed by atoms with Crippen molar-refractivity contribution in [3.05, 3.63) is 0 Å². The zero-order valence-electron chi connectivity index (χ0n) is 11.6. The Labute approximate surface area is 104 Å². The number of ether oxygens (including phenoxy) is 1. The highest BCUT2D eigenvalue weighted by Gasteiger charge is 2.40. The summed E-state index contributed by atoms with van der Waals surface area (Å²) in [6.07, 6.45) is 2.24. The van der Waals surface area contributed by atoms with Gasteiger partial charge in [0, 0.05) is 6.04 Å². The summed E-state index contributed by atoms with van der Waals surface area (Å²) < 4.78 is 5.71. The van der Waals surface area contributed by atoms with Crippen molar-refractivity contribution in [2.75, 3.05) is 6.54 Å². The van der Waals surface area contributed by atoms with Gasteiger partial charge in [-0.3, -0.25) is 9.69 Å². The van der Waals surface area contributed by atoms with E-state index in [1.165, 1.54) is 0 Å². The molecule has 0 amide bonds. The van der Waals surface area contributed by atoms with Crippen LogP contribution >= 0.6 is 0 Å². The molecular formula is C13H25NO3. The summed E-state index contributed by atoms with van der Waals surface area (Å²) in [6, 6.07) is 0.296. The number of aliphatic carboxylic acids is 1. The Balaban J connectivity index is 2.83. The lowest BCUT2D eigenvalue weighted by Crippen LogP contribution is -2.57. The van der Waals surface area contributed by atoms with Crippen LogP contribution in [0.15, 0.2) is 0 Å². The van der Waals surface area contributed by atoms with E-state index in [9.17, 15) is 9.90 Å². The largest absolute Gasteiger partial charge is 0.480 e. The summed E-state index contributed by atoms with van der Waals surface area (Å²) in [5.74, 6) is -0.758. The van der Waals surface area contributed by atoms with Crippen LogP contribution in [-0.4, -0.2) is 46.3 Å². The van der Waals surface area contributed by atoms with Gasteiger partial charge >= 0.3 is 5.97 Å². The van der Waals surface area contributed by atoms with Gasteiger partial charge in [-0.15, -0.1) is 0 Å². The average Bonchev–Trinajstić information content (AvgIpc) is 2.16. The molecule has 100 valence electrons. The van der Waals surface area contributed by atoms with Gasteiger partial charge in [0.15, 0.2) is 0 Å². The number of carboxylic acids is 1. The van der Waals surface area contributed by atoms with E-state index in [0.717, 1.165) is 19.4 Å². The summed E-state index contributed by atoms with van der Waals surface area (Å²) in [6.45, 7) is 10.5. The van der Waals surface area contributed by atoms with Gasteiger partial charge in [-0.2, -0.15) is 0 Å². The van der Waals surface area contributed by atoms with Gasteiger partial charge in [0.1, 0.15) is 5.54 Å². The van der Waals surface area contributed by atoms with Gasteiger partial charge in [0.2, 0.25) is 0 Å². The molecule has 1 aliphatic rings. The molecule has 0 aliphatic carbocycles. The second-order valence-electron chi connectivity index (χ2n) is 5.53. The summed E-state index contributed by atoms with van der Waals surface area (Å²) >= 11 is 0. The molecule has 0 spiro atoms. The Hall–Kier alpha value is -0.610. The molecule has 2 atom stereocenters. The Morgan fingerprint density at radius 3 is 2.18 bits per heavy atom. The third-order valence-electron chi connectivity index (χ3n) is 3.70. The quantitative estimate of drug-likeness (QED) is 0.821. The Morgan fingerprint density at radius 1 is 1.35 bits per heavy atom. The number of nitrogens with zero attached hydrogens (tertiary/aromatic N) is 1. The predicted molar refractivity (Wildman–Crippen MR) is 67.1 cm³/mol. The lowest BCUT2D eigenvalue weighted by Gasteiger charge is -2.44. The summed E-state index contributed by atoms with van der Waals surface area (Å²) in [5.41, 5.74) is -0.809. The van der Waals surface area contributed by atoms with E-state index in [-0.39, 0.29) is 12.2 Å². The molecule has 0 bridgehead atoms. The fourth-order valence-electron chi connectivity index (χ4n) is 2.86.